The Hall–Kier alpha value is -2.60. The van der Waals surface area contributed by atoms with Crippen molar-refractivity contribution in [3.63, 3.8) is 0 Å². The Bertz CT molecular complexity index is 734. The average Bonchev–Trinajstić information content (AvgIpc) is 2.56. The maximum atomic E-state index is 12.8. The number of halogens is 2. The second kappa shape index (κ2) is 8.31. The molecule has 0 aromatic heterocycles. The second-order valence-electron chi connectivity index (χ2n) is 4.94. The van der Waals surface area contributed by atoms with E-state index in [2.05, 4.69) is 5.32 Å². The molecule has 0 unspecified atom stereocenters. The van der Waals surface area contributed by atoms with Crippen LogP contribution in [0.2, 0.25) is 5.02 Å². The highest BCUT2D eigenvalue weighted by Gasteiger charge is 2.10. The summed E-state index contributed by atoms with van der Waals surface area (Å²) in [4.78, 5) is 23.2. The number of benzene rings is 2. The van der Waals surface area contributed by atoms with Gasteiger partial charge in [-0.1, -0.05) is 17.7 Å². The van der Waals surface area contributed by atoms with Gasteiger partial charge in [0.05, 0.1) is 5.02 Å². The van der Waals surface area contributed by atoms with Gasteiger partial charge in [0.25, 0.3) is 5.91 Å². The summed E-state index contributed by atoms with van der Waals surface area (Å²) in [7, 11) is 0. The summed E-state index contributed by atoms with van der Waals surface area (Å²) in [6, 6.07) is 10.4. The molecule has 24 heavy (non-hydrogen) atoms. The number of esters is 1. The predicted octanol–water partition coefficient (Wildman–Crippen LogP) is 3.35. The van der Waals surface area contributed by atoms with E-state index in [0.717, 1.165) is 5.56 Å². The van der Waals surface area contributed by atoms with E-state index in [9.17, 15) is 14.0 Å². The molecule has 0 spiro atoms. The van der Waals surface area contributed by atoms with Gasteiger partial charge in [0.15, 0.2) is 13.2 Å². The van der Waals surface area contributed by atoms with Gasteiger partial charge in [0, 0.05) is 5.69 Å². The van der Waals surface area contributed by atoms with Gasteiger partial charge in [-0.3, -0.25) is 4.79 Å². The Kier molecular flexibility index (Phi) is 6.14. The van der Waals surface area contributed by atoms with Crippen LogP contribution in [0.1, 0.15) is 5.56 Å². The van der Waals surface area contributed by atoms with Gasteiger partial charge in [0.1, 0.15) is 11.6 Å². The van der Waals surface area contributed by atoms with Crippen LogP contribution in [-0.2, 0) is 14.3 Å². The molecule has 0 radical (unpaired) electrons. The van der Waals surface area contributed by atoms with E-state index in [1.807, 2.05) is 13.0 Å². The van der Waals surface area contributed by atoms with Crippen molar-refractivity contribution in [2.24, 2.45) is 0 Å². The number of hydrogen-bond donors (Lipinski definition) is 1. The number of hydrogen-bond acceptors (Lipinski definition) is 4. The molecule has 7 heteroatoms. The quantitative estimate of drug-likeness (QED) is 0.811. The van der Waals surface area contributed by atoms with Gasteiger partial charge in [-0.05, 0) is 48.9 Å². The van der Waals surface area contributed by atoms with Crippen molar-refractivity contribution in [1.29, 1.82) is 0 Å². The maximum Gasteiger partial charge on any atom is 0.344 e. The average molecular weight is 352 g/mol. The molecule has 5 nitrogen and oxygen atoms in total. The fourth-order valence-corrected chi connectivity index (χ4v) is 1.95. The van der Waals surface area contributed by atoms with Crippen LogP contribution in [0, 0.1) is 12.7 Å². The predicted molar refractivity (Wildman–Crippen MR) is 87.7 cm³/mol. The molecule has 2 aromatic carbocycles. The van der Waals surface area contributed by atoms with E-state index in [4.69, 9.17) is 21.1 Å². The van der Waals surface area contributed by atoms with Gasteiger partial charge in [-0.25, -0.2) is 9.18 Å². The number of aryl methyl sites for hydroxylation is 1. The van der Waals surface area contributed by atoms with Crippen molar-refractivity contribution in [1.82, 2.24) is 0 Å². The molecule has 1 amide bonds. The van der Waals surface area contributed by atoms with Gasteiger partial charge in [-0.2, -0.15) is 0 Å². The number of rotatable bonds is 6. The fourth-order valence-electron chi connectivity index (χ4n) is 1.78. The summed E-state index contributed by atoms with van der Waals surface area (Å²) in [6.07, 6.45) is 0. The maximum absolute atomic E-state index is 12.8. The van der Waals surface area contributed by atoms with Crippen LogP contribution in [0.3, 0.4) is 0 Å². The van der Waals surface area contributed by atoms with E-state index in [0.29, 0.717) is 16.5 Å². The first-order chi connectivity index (χ1) is 11.4. The lowest BCUT2D eigenvalue weighted by Gasteiger charge is -2.09. The molecular weight excluding hydrogens is 337 g/mol. The largest absolute Gasteiger partial charge is 0.480 e. The molecule has 1 N–H and O–H groups in total. The topological polar surface area (TPSA) is 64.6 Å². The minimum atomic E-state index is -0.707. The lowest BCUT2D eigenvalue weighted by molar-refractivity contribution is -0.149. The van der Waals surface area contributed by atoms with Crippen molar-refractivity contribution < 1.29 is 23.5 Å². The third kappa shape index (κ3) is 5.55. The lowest BCUT2D eigenvalue weighted by Crippen LogP contribution is -2.23. The van der Waals surface area contributed by atoms with E-state index in [-0.39, 0.29) is 6.61 Å². The third-order valence-electron chi connectivity index (χ3n) is 2.92. The molecule has 0 aliphatic rings. The Labute approximate surface area is 143 Å². The molecule has 0 atom stereocenters. The van der Waals surface area contributed by atoms with Crippen LogP contribution in [0.4, 0.5) is 10.1 Å². The van der Waals surface area contributed by atoms with Crippen LogP contribution in [0.25, 0.3) is 0 Å². The summed E-state index contributed by atoms with van der Waals surface area (Å²) >= 11 is 5.94. The first kappa shape index (κ1) is 17.7. The van der Waals surface area contributed by atoms with Gasteiger partial charge in [-0.15, -0.1) is 0 Å². The molecule has 0 aliphatic heterocycles. The minimum absolute atomic E-state index is 0.365. The molecular formula is C17H15ClFNO4. The first-order valence-corrected chi connectivity index (χ1v) is 7.42. The van der Waals surface area contributed by atoms with Crippen LogP contribution >= 0.6 is 11.6 Å². The highest BCUT2D eigenvalue weighted by Crippen LogP contribution is 2.25. The normalized spacial score (nSPS) is 10.1. The van der Waals surface area contributed by atoms with Gasteiger partial charge in [0.2, 0.25) is 0 Å². The van der Waals surface area contributed by atoms with E-state index in [1.54, 1.807) is 12.1 Å². The molecule has 0 aliphatic carbocycles. The second-order valence-corrected chi connectivity index (χ2v) is 5.35. The van der Waals surface area contributed by atoms with Crippen molar-refractivity contribution in [2.45, 2.75) is 6.92 Å². The highest BCUT2D eigenvalue weighted by molar-refractivity contribution is 6.32. The van der Waals surface area contributed by atoms with E-state index >= 15 is 0 Å². The Morgan fingerprint density at radius 2 is 1.83 bits per heavy atom. The zero-order valence-electron chi connectivity index (χ0n) is 12.8. The number of amides is 1. The van der Waals surface area contributed by atoms with E-state index in [1.165, 1.54) is 24.3 Å². The number of carbonyl (C=O) groups excluding carboxylic acids is 2. The molecule has 2 aromatic rings. The Morgan fingerprint density at radius 3 is 2.54 bits per heavy atom. The standard InChI is InChI=1S/C17H15ClFNO4/c1-11-2-7-14(18)15(8-11)23-10-17(22)24-9-16(21)20-13-5-3-12(19)4-6-13/h2-8H,9-10H2,1H3,(H,20,21). The summed E-state index contributed by atoms with van der Waals surface area (Å²) in [6.45, 7) is 1.02. The molecule has 0 fully saturated rings. The van der Waals surface area contributed by atoms with Crippen LogP contribution in [0.15, 0.2) is 42.5 Å². The number of ether oxygens (including phenoxy) is 2. The van der Waals surface area contributed by atoms with Crippen LogP contribution < -0.4 is 10.1 Å². The van der Waals surface area contributed by atoms with Crippen LogP contribution in [0.5, 0.6) is 5.75 Å². The summed E-state index contributed by atoms with van der Waals surface area (Å²) < 4.78 is 22.8. The zero-order valence-corrected chi connectivity index (χ0v) is 13.6. The Balaban J connectivity index is 1.75. The summed E-state index contributed by atoms with van der Waals surface area (Å²) in [5.74, 6) is -1.29. The molecule has 126 valence electrons. The minimum Gasteiger partial charge on any atom is -0.480 e. The van der Waals surface area contributed by atoms with Crippen molar-refractivity contribution >= 4 is 29.2 Å². The highest BCUT2D eigenvalue weighted by atomic mass is 35.5. The van der Waals surface area contributed by atoms with Gasteiger partial charge >= 0.3 is 5.97 Å². The van der Waals surface area contributed by atoms with Crippen molar-refractivity contribution in [2.75, 3.05) is 18.5 Å². The van der Waals surface area contributed by atoms with Crippen molar-refractivity contribution in [3.8, 4) is 5.75 Å². The fraction of sp³-hybridized carbons (Fsp3) is 0.176. The molecule has 0 bridgehead atoms. The smallest absolute Gasteiger partial charge is 0.344 e. The molecule has 0 saturated heterocycles. The molecule has 0 saturated carbocycles. The summed E-state index contributed by atoms with van der Waals surface area (Å²) in [5, 5.41) is 2.85. The third-order valence-corrected chi connectivity index (χ3v) is 3.24. The summed E-state index contributed by atoms with van der Waals surface area (Å²) in [5.41, 5.74) is 1.33. The molecule has 0 heterocycles. The van der Waals surface area contributed by atoms with Crippen molar-refractivity contribution in [3.05, 3.63) is 58.9 Å². The van der Waals surface area contributed by atoms with E-state index < -0.39 is 24.3 Å². The Morgan fingerprint density at radius 1 is 1.12 bits per heavy atom. The number of anilines is 1. The lowest BCUT2D eigenvalue weighted by atomic mass is 10.2. The molecule has 2 rings (SSSR count). The van der Waals surface area contributed by atoms with Crippen LogP contribution in [-0.4, -0.2) is 25.1 Å². The monoisotopic (exact) mass is 351 g/mol. The van der Waals surface area contributed by atoms with Gasteiger partial charge < -0.3 is 14.8 Å². The SMILES string of the molecule is Cc1ccc(Cl)c(OCC(=O)OCC(=O)Nc2ccc(F)cc2)c1. The number of carbonyl (C=O) groups is 2. The number of nitrogens with one attached hydrogen (secondary N) is 1. The first-order valence-electron chi connectivity index (χ1n) is 7.04. The zero-order chi connectivity index (χ0) is 17.5.